The summed E-state index contributed by atoms with van der Waals surface area (Å²) in [6, 6.07) is 11.3. The molecule has 1 aliphatic carbocycles. The number of nitrogens with two attached hydrogens (primary N) is 1. The Hall–Kier alpha value is -0.900. The van der Waals surface area contributed by atoms with Crippen LogP contribution in [0.4, 0.5) is 0 Å². The normalized spacial score (nSPS) is 28.4. The molecule has 0 amide bonds. The van der Waals surface area contributed by atoms with Gasteiger partial charge in [-0.2, -0.15) is 0 Å². The Morgan fingerprint density at radius 1 is 0.864 bits per heavy atom. The lowest BCUT2D eigenvalue weighted by atomic mass is 9.94. The third kappa shape index (κ3) is 4.55. The summed E-state index contributed by atoms with van der Waals surface area (Å²) < 4.78 is 0. The quantitative estimate of drug-likeness (QED) is 0.868. The SMILES string of the molecule is NC1CCCCCC1CN1CCN(Cc2ccccc2)CC1. The molecule has 2 atom stereocenters. The monoisotopic (exact) mass is 301 g/mol. The number of nitrogens with zero attached hydrogens (tertiary/aromatic N) is 2. The molecule has 0 aromatic heterocycles. The highest BCUT2D eigenvalue weighted by Gasteiger charge is 2.25. The molecular weight excluding hydrogens is 270 g/mol. The molecule has 1 heterocycles. The summed E-state index contributed by atoms with van der Waals surface area (Å²) in [4.78, 5) is 5.23. The van der Waals surface area contributed by atoms with Crippen LogP contribution in [0.25, 0.3) is 0 Å². The zero-order chi connectivity index (χ0) is 15.2. The zero-order valence-corrected chi connectivity index (χ0v) is 13.8. The Labute approximate surface area is 135 Å². The molecule has 1 aliphatic heterocycles. The van der Waals surface area contributed by atoms with Crippen molar-refractivity contribution in [2.24, 2.45) is 11.7 Å². The summed E-state index contributed by atoms with van der Waals surface area (Å²) in [7, 11) is 0. The maximum absolute atomic E-state index is 6.39. The van der Waals surface area contributed by atoms with Crippen LogP contribution < -0.4 is 5.73 Å². The minimum Gasteiger partial charge on any atom is -0.327 e. The van der Waals surface area contributed by atoms with E-state index < -0.39 is 0 Å². The molecule has 3 rings (SSSR count). The van der Waals surface area contributed by atoms with Crippen molar-refractivity contribution in [3.8, 4) is 0 Å². The van der Waals surface area contributed by atoms with Crippen molar-refractivity contribution >= 4 is 0 Å². The van der Waals surface area contributed by atoms with Crippen molar-refractivity contribution in [2.75, 3.05) is 32.7 Å². The van der Waals surface area contributed by atoms with E-state index in [9.17, 15) is 0 Å². The van der Waals surface area contributed by atoms with Gasteiger partial charge in [-0.05, 0) is 24.3 Å². The van der Waals surface area contributed by atoms with E-state index >= 15 is 0 Å². The summed E-state index contributed by atoms with van der Waals surface area (Å²) in [6.07, 6.45) is 6.67. The van der Waals surface area contributed by atoms with Gasteiger partial charge < -0.3 is 10.6 Å². The lowest BCUT2D eigenvalue weighted by Crippen LogP contribution is -2.49. The predicted molar refractivity (Wildman–Crippen MR) is 92.7 cm³/mol. The molecule has 3 nitrogen and oxygen atoms in total. The fraction of sp³-hybridized carbons (Fsp3) is 0.684. The van der Waals surface area contributed by atoms with Gasteiger partial charge in [0, 0.05) is 45.3 Å². The average Bonchev–Trinajstić information content (AvgIpc) is 2.75. The molecule has 0 bridgehead atoms. The average molecular weight is 301 g/mol. The molecule has 122 valence electrons. The van der Waals surface area contributed by atoms with Gasteiger partial charge in [-0.1, -0.05) is 49.6 Å². The van der Waals surface area contributed by atoms with Crippen molar-refractivity contribution < 1.29 is 0 Å². The van der Waals surface area contributed by atoms with Crippen LogP contribution in [0.1, 0.15) is 37.7 Å². The molecule has 22 heavy (non-hydrogen) atoms. The van der Waals surface area contributed by atoms with Crippen LogP contribution in [-0.4, -0.2) is 48.6 Å². The Morgan fingerprint density at radius 2 is 1.55 bits per heavy atom. The van der Waals surface area contributed by atoms with Crippen LogP contribution in [0, 0.1) is 5.92 Å². The second-order valence-corrected chi connectivity index (χ2v) is 7.12. The van der Waals surface area contributed by atoms with E-state index in [1.807, 2.05) is 0 Å². The van der Waals surface area contributed by atoms with Crippen molar-refractivity contribution in [1.82, 2.24) is 9.80 Å². The van der Waals surface area contributed by atoms with Crippen molar-refractivity contribution in [2.45, 2.75) is 44.7 Å². The summed E-state index contributed by atoms with van der Waals surface area (Å²) in [5.74, 6) is 0.725. The van der Waals surface area contributed by atoms with E-state index in [2.05, 4.69) is 40.1 Å². The Morgan fingerprint density at radius 3 is 2.32 bits per heavy atom. The summed E-state index contributed by atoms with van der Waals surface area (Å²) in [5.41, 5.74) is 7.82. The summed E-state index contributed by atoms with van der Waals surface area (Å²) in [6.45, 7) is 7.11. The molecule has 1 aromatic carbocycles. The lowest BCUT2D eigenvalue weighted by molar-refractivity contribution is 0.106. The largest absolute Gasteiger partial charge is 0.327 e. The molecule has 1 aromatic rings. The van der Waals surface area contributed by atoms with E-state index in [-0.39, 0.29) is 0 Å². The van der Waals surface area contributed by atoms with Crippen LogP contribution in [0.15, 0.2) is 30.3 Å². The standard InChI is InChI=1S/C19H31N3/c20-19-10-6-2-5-9-18(19)16-22-13-11-21(12-14-22)15-17-7-3-1-4-8-17/h1,3-4,7-8,18-19H,2,5-6,9-16,20H2. The molecule has 2 fully saturated rings. The van der Waals surface area contributed by atoms with Gasteiger partial charge in [-0.15, -0.1) is 0 Å². The van der Waals surface area contributed by atoms with Gasteiger partial charge in [0.1, 0.15) is 0 Å². The molecule has 2 aliphatic rings. The van der Waals surface area contributed by atoms with Crippen LogP contribution >= 0.6 is 0 Å². The van der Waals surface area contributed by atoms with Crippen LogP contribution in [0.3, 0.4) is 0 Å². The first-order valence-electron chi connectivity index (χ1n) is 9.05. The second kappa shape index (κ2) is 8.09. The molecule has 1 saturated carbocycles. The number of benzene rings is 1. The summed E-state index contributed by atoms with van der Waals surface area (Å²) in [5, 5.41) is 0. The first-order valence-corrected chi connectivity index (χ1v) is 9.05. The first-order chi connectivity index (χ1) is 10.8. The van der Waals surface area contributed by atoms with Crippen LogP contribution in [0.5, 0.6) is 0 Å². The van der Waals surface area contributed by atoms with Crippen molar-refractivity contribution in [3.63, 3.8) is 0 Å². The van der Waals surface area contributed by atoms with Gasteiger partial charge in [-0.3, -0.25) is 4.90 Å². The van der Waals surface area contributed by atoms with Crippen molar-refractivity contribution in [1.29, 1.82) is 0 Å². The van der Waals surface area contributed by atoms with Crippen LogP contribution in [0.2, 0.25) is 0 Å². The second-order valence-electron chi connectivity index (χ2n) is 7.12. The Balaban J connectivity index is 1.43. The first kappa shape index (κ1) is 16.0. The van der Waals surface area contributed by atoms with Crippen LogP contribution in [-0.2, 0) is 6.54 Å². The van der Waals surface area contributed by atoms with E-state index in [1.165, 1.54) is 70.4 Å². The van der Waals surface area contributed by atoms with Gasteiger partial charge in [-0.25, -0.2) is 0 Å². The fourth-order valence-electron chi connectivity index (χ4n) is 3.94. The highest BCUT2D eigenvalue weighted by Crippen LogP contribution is 2.23. The molecule has 0 radical (unpaired) electrons. The molecule has 0 spiro atoms. The highest BCUT2D eigenvalue weighted by atomic mass is 15.3. The van der Waals surface area contributed by atoms with E-state index in [1.54, 1.807) is 0 Å². The minimum atomic E-state index is 0.435. The number of piperazine rings is 1. The van der Waals surface area contributed by atoms with E-state index in [4.69, 9.17) is 5.73 Å². The molecule has 2 N–H and O–H groups in total. The number of rotatable bonds is 4. The third-order valence-corrected chi connectivity index (χ3v) is 5.42. The molecular formula is C19H31N3. The zero-order valence-electron chi connectivity index (χ0n) is 13.8. The van der Waals surface area contributed by atoms with Gasteiger partial charge in [0.15, 0.2) is 0 Å². The molecule has 2 unspecified atom stereocenters. The van der Waals surface area contributed by atoms with Gasteiger partial charge in [0.05, 0.1) is 0 Å². The molecule has 3 heteroatoms. The Kier molecular flexibility index (Phi) is 5.88. The fourth-order valence-corrected chi connectivity index (χ4v) is 3.94. The van der Waals surface area contributed by atoms with E-state index in [0.29, 0.717) is 6.04 Å². The highest BCUT2D eigenvalue weighted by molar-refractivity contribution is 5.14. The van der Waals surface area contributed by atoms with Gasteiger partial charge in [0.2, 0.25) is 0 Å². The predicted octanol–water partition coefficient (Wildman–Crippen LogP) is 2.71. The topological polar surface area (TPSA) is 32.5 Å². The third-order valence-electron chi connectivity index (χ3n) is 5.42. The Bertz CT molecular complexity index is 426. The van der Waals surface area contributed by atoms with Crippen molar-refractivity contribution in [3.05, 3.63) is 35.9 Å². The smallest absolute Gasteiger partial charge is 0.0234 e. The maximum atomic E-state index is 6.39. The van der Waals surface area contributed by atoms with E-state index in [0.717, 1.165) is 12.5 Å². The minimum absolute atomic E-state index is 0.435. The van der Waals surface area contributed by atoms with Gasteiger partial charge >= 0.3 is 0 Å². The molecule has 1 saturated heterocycles. The van der Waals surface area contributed by atoms with Gasteiger partial charge in [0.25, 0.3) is 0 Å². The lowest BCUT2D eigenvalue weighted by Gasteiger charge is -2.37. The summed E-state index contributed by atoms with van der Waals surface area (Å²) >= 11 is 0. The number of hydrogen-bond acceptors (Lipinski definition) is 3. The maximum Gasteiger partial charge on any atom is 0.0234 e. The number of hydrogen-bond donors (Lipinski definition) is 1.